The van der Waals surface area contributed by atoms with Crippen molar-refractivity contribution in [3.8, 4) is 22.4 Å². The van der Waals surface area contributed by atoms with E-state index in [9.17, 15) is 8.42 Å². The van der Waals surface area contributed by atoms with Gasteiger partial charge in [0.05, 0.1) is 26.1 Å². The third kappa shape index (κ3) is 3.12. The van der Waals surface area contributed by atoms with E-state index in [0.29, 0.717) is 20.5 Å². The summed E-state index contributed by atoms with van der Waals surface area (Å²) >= 11 is 7.63. The molecule has 146 valence electrons. The zero-order valence-electron chi connectivity index (χ0n) is 14.7. The van der Waals surface area contributed by atoms with E-state index in [1.807, 2.05) is 0 Å². The first-order chi connectivity index (χ1) is 13.2. The molecule has 2 N–H and O–H groups in total. The van der Waals surface area contributed by atoms with Gasteiger partial charge in [0, 0.05) is 13.2 Å². The molecule has 0 unspecified atom stereocenters. The second-order valence-electron chi connectivity index (χ2n) is 6.32. The smallest absolute Gasteiger partial charge is 0.266 e. The maximum Gasteiger partial charge on any atom is 0.266 e. The molecule has 0 spiro atoms. The molecule has 10 nitrogen and oxygen atoms in total. The van der Waals surface area contributed by atoms with E-state index in [-0.39, 0.29) is 23.5 Å². The number of nitrogens with one attached hydrogen (secondary N) is 2. The number of sulfonamides is 1. The lowest BCUT2D eigenvalue weighted by molar-refractivity contribution is 0.424. The summed E-state index contributed by atoms with van der Waals surface area (Å²) in [5.41, 5.74) is -0.571. The monoisotopic (exact) mass is 439 g/mol. The van der Waals surface area contributed by atoms with Gasteiger partial charge < -0.3 is 9.73 Å². The van der Waals surface area contributed by atoms with Crippen molar-refractivity contribution in [2.45, 2.75) is 12.5 Å². The van der Waals surface area contributed by atoms with Gasteiger partial charge in [-0.3, -0.25) is 5.41 Å². The third-order valence-electron chi connectivity index (χ3n) is 4.22. The third-order valence-corrected chi connectivity index (χ3v) is 7.98. The van der Waals surface area contributed by atoms with E-state index < -0.39 is 15.6 Å². The van der Waals surface area contributed by atoms with Crippen LogP contribution in [-0.4, -0.2) is 51.6 Å². The largest absolute Gasteiger partial charge is 0.414 e. The molecule has 28 heavy (non-hydrogen) atoms. The summed E-state index contributed by atoms with van der Waals surface area (Å²) in [6.45, 7) is 1.69. The van der Waals surface area contributed by atoms with Crippen molar-refractivity contribution in [1.82, 2.24) is 29.8 Å². The van der Waals surface area contributed by atoms with Gasteiger partial charge in [0.25, 0.3) is 11.8 Å². The molecule has 13 heteroatoms. The zero-order chi connectivity index (χ0) is 20.1. The first-order valence-electron chi connectivity index (χ1n) is 7.93. The quantitative estimate of drug-likeness (QED) is 0.631. The van der Waals surface area contributed by atoms with Gasteiger partial charge >= 0.3 is 0 Å². The highest BCUT2D eigenvalue weighted by Gasteiger charge is 2.44. The maximum absolute atomic E-state index is 12.4. The van der Waals surface area contributed by atoms with Crippen molar-refractivity contribution in [3.05, 3.63) is 34.6 Å². The van der Waals surface area contributed by atoms with Crippen LogP contribution in [0.1, 0.15) is 11.8 Å². The molecule has 3 aromatic heterocycles. The Labute approximate surface area is 169 Å². The SMILES string of the molecule is CN1C(=N)N[C@](C)(c2sc(-c3nnc(-c4ccncn4)o3)cc2Cl)CS1(=O)=O. The van der Waals surface area contributed by atoms with E-state index in [0.717, 1.165) is 4.31 Å². The number of hydrogen-bond donors (Lipinski definition) is 2. The molecule has 0 saturated carbocycles. The van der Waals surface area contributed by atoms with Gasteiger partial charge in [-0.25, -0.2) is 22.7 Å². The number of thiophene rings is 1. The summed E-state index contributed by atoms with van der Waals surface area (Å²) in [4.78, 5) is 9.04. The highest BCUT2D eigenvalue weighted by Crippen LogP contribution is 2.42. The molecular formula is C15H14ClN7O3S2. The Morgan fingerprint density at radius 3 is 2.82 bits per heavy atom. The van der Waals surface area contributed by atoms with E-state index in [1.165, 1.54) is 24.7 Å². The number of rotatable bonds is 3. The summed E-state index contributed by atoms with van der Waals surface area (Å²) < 4.78 is 31.3. The first-order valence-corrected chi connectivity index (χ1v) is 10.7. The molecule has 0 amide bonds. The molecule has 4 heterocycles. The second-order valence-corrected chi connectivity index (χ2v) is 9.78. The van der Waals surface area contributed by atoms with Crippen LogP contribution in [0.15, 0.2) is 29.1 Å². The summed E-state index contributed by atoms with van der Waals surface area (Å²) in [6.07, 6.45) is 2.94. The van der Waals surface area contributed by atoms with Crippen LogP contribution >= 0.6 is 22.9 Å². The zero-order valence-corrected chi connectivity index (χ0v) is 17.1. The molecule has 0 aliphatic carbocycles. The highest BCUT2D eigenvalue weighted by molar-refractivity contribution is 7.89. The van der Waals surface area contributed by atoms with Crippen LogP contribution in [0.25, 0.3) is 22.4 Å². The molecule has 3 aromatic rings. The Morgan fingerprint density at radius 2 is 2.14 bits per heavy atom. The molecular weight excluding hydrogens is 426 g/mol. The Hall–Kier alpha value is -2.57. The number of aromatic nitrogens is 4. The van der Waals surface area contributed by atoms with Crippen molar-refractivity contribution in [3.63, 3.8) is 0 Å². The Bertz CT molecular complexity index is 1160. The number of guanidine groups is 1. The van der Waals surface area contributed by atoms with Crippen LogP contribution in [-0.2, 0) is 15.6 Å². The van der Waals surface area contributed by atoms with Crippen LogP contribution in [0, 0.1) is 5.41 Å². The lowest BCUT2D eigenvalue weighted by Gasteiger charge is -2.39. The summed E-state index contributed by atoms with van der Waals surface area (Å²) in [7, 11) is -2.31. The Morgan fingerprint density at radius 1 is 1.39 bits per heavy atom. The average Bonchev–Trinajstić information content (AvgIpc) is 3.27. The topological polar surface area (TPSA) is 138 Å². The van der Waals surface area contributed by atoms with Gasteiger partial charge in [-0.05, 0) is 19.1 Å². The lowest BCUT2D eigenvalue weighted by Crippen LogP contribution is -2.60. The minimum Gasteiger partial charge on any atom is -0.414 e. The number of nitrogens with zero attached hydrogens (tertiary/aromatic N) is 5. The molecule has 1 aliphatic heterocycles. The minimum atomic E-state index is -3.64. The van der Waals surface area contributed by atoms with Crippen molar-refractivity contribution in [1.29, 1.82) is 5.41 Å². The van der Waals surface area contributed by atoms with Gasteiger partial charge in [-0.1, -0.05) is 11.6 Å². The van der Waals surface area contributed by atoms with Crippen LogP contribution < -0.4 is 5.32 Å². The second kappa shape index (κ2) is 6.50. The predicted octanol–water partition coefficient (Wildman–Crippen LogP) is 1.92. The fraction of sp³-hybridized carbons (Fsp3) is 0.267. The van der Waals surface area contributed by atoms with Crippen molar-refractivity contribution >= 4 is 38.9 Å². The summed E-state index contributed by atoms with van der Waals surface area (Å²) in [5, 5.41) is 19.2. The van der Waals surface area contributed by atoms with E-state index in [2.05, 4.69) is 25.5 Å². The molecule has 1 aliphatic rings. The van der Waals surface area contributed by atoms with Crippen molar-refractivity contribution in [2.75, 3.05) is 12.8 Å². The summed E-state index contributed by atoms with van der Waals surface area (Å²) in [5.74, 6) is 0.00969. The van der Waals surface area contributed by atoms with Crippen LogP contribution in [0.4, 0.5) is 0 Å². The molecule has 1 saturated heterocycles. The first kappa shape index (κ1) is 18.8. The highest BCUT2D eigenvalue weighted by atomic mass is 35.5. The van der Waals surface area contributed by atoms with Gasteiger partial charge in [-0.2, -0.15) is 0 Å². The van der Waals surface area contributed by atoms with Crippen LogP contribution in [0.2, 0.25) is 5.02 Å². The van der Waals surface area contributed by atoms with Gasteiger partial charge in [0.2, 0.25) is 16.0 Å². The summed E-state index contributed by atoms with van der Waals surface area (Å²) in [6, 6.07) is 3.28. The van der Waals surface area contributed by atoms with Crippen LogP contribution in [0.3, 0.4) is 0 Å². The molecule has 4 rings (SSSR count). The normalized spacial score (nSPS) is 21.5. The van der Waals surface area contributed by atoms with Gasteiger partial charge in [0.1, 0.15) is 12.0 Å². The molecule has 0 radical (unpaired) electrons. The lowest BCUT2D eigenvalue weighted by atomic mass is 10.0. The Balaban J connectivity index is 1.70. The van der Waals surface area contributed by atoms with E-state index in [4.69, 9.17) is 21.4 Å². The van der Waals surface area contributed by atoms with E-state index >= 15 is 0 Å². The number of halogens is 1. The molecule has 1 fully saturated rings. The Kier molecular flexibility index (Phi) is 4.36. The van der Waals surface area contributed by atoms with Crippen molar-refractivity contribution in [2.24, 2.45) is 0 Å². The molecule has 0 bridgehead atoms. The van der Waals surface area contributed by atoms with Crippen molar-refractivity contribution < 1.29 is 12.8 Å². The predicted molar refractivity (Wildman–Crippen MR) is 103 cm³/mol. The average molecular weight is 440 g/mol. The van der Waals surface area contributed by atoms with Crippen LogP contribution in [0.5, 0.6) is 0 Å². The molecule has 0 aromatic carbocycles. The standard InChI is InChI=1S/C15H14ClN7O3S2/c1-15(6-28(24,25)23(2)14(17)20-15)11-8(16)5-10(27-11)13-22-21-12(26-13)9-3-4-18-7-19-9/h3-5,7H,6H2,1-2H3,(H2,17,20)/t15-/m0/s1. The molecule has 1 atom stereocenters. The number of hydrogen-bond acceptors (Lipinski definition) is 9. The maximum atomic E-state index is 12.4. The van der Waals surface area contributed by atoms with Gasteiger partial charge in [0.15, 0.2) is 0 Å². The fourth-order valence-electron chi connectivity index (χ4n) is 2.79. The van der Waals surface area contributed by atoms with Gasteiger partial charge in [-0.15, -0.1) is 21.5 Å². The van der Waals surface area contributed by atoms with E-state index in [1.54, 1.807) is 25.3 Å². The minimum absolute atomic E-state index is 0.219. The fourth-order valence-corrected chi connectivity index (χ4v) is 5.92.